The first-order valence-electron chi connectivity index (χ1n) is 17.4. The van der Waals surface area contributed by atoms with Crippen LogP contribution in [0.25, 0.3) is 6.08 Å². The van der Waals surface area contributed by atoms with E-state index in [-0.39, 0.29) is 51.8 Å². The monoisotopic (exact) mass is 622 g/mol. The second kappa shape index (κ2) is 12.0. The summed E-state index contributed by atoms with van der Waals surface area (Å²) in [7, 11) is 0. The van der Waals surface area contributed by atoms with Crippen LogP contribution < -0.4 is 0 Å². The number of phenolic OH excluding ortho intramolecular Hbond substituents is 2. The fourth-order valence-corrected chi connectivity index (χ4v) is 11.5. The highest BCUT2D eigenvalue weighted by molar-refractivity contribution is 5.87. The topological polar surface area (TPSA) is 107 Å². The van der Waals surface area contributed by atoms with Gasteiger partial charge in [-0.05, 0) is 142 Å². The summed E-state index contributed by atoms with van der Waals surface area (Å²) in [6.07, 6.45) is 15.3. The predicted octanol–water partition coefficient (Wildman–Crippen LogP) is 8.18. The average Bonchev–Trinajstić information content (AvgIpc) is 3.34. The average molecular weight is 623 g/mol. The zero-order valence-corrected chi connectivity index (χ0v) is 28.7. The highest BCUT2D eigenvalue weighted by Gasteiger charge is 2.69. The van der Waals surface area contributed by atoms with E-state index in [1.165, 1.54) is 43.9 Å². The van der Waals surface area contributed by atoms with Crippen molar-refractivity contribution in [1.82, 2.24) is 0 Å². The van der Waals surface area contributed by atoms with Crippen molar-refractivity contribution >= 4 is 12.0 Å². The maximum Gasteiger partial charge on any atom is 0.331 e. The van der Waals surface area contributed by atoms with Gasteiger partial charge in [0, 0.05) is 11.5 Å². The lowest BCUT2D eigenvalue weighted by molar-refractivity contribution is -0.229. The Morgan fingerprint density at radius 2 is 1.67 bits per heavy atom. The Hall–Kier alpha value is -2.31. The van der Waals surface area contributed by atoms with Crippen LogP contribution in [0.2, 0.25) is 0 Å². The van der Waals surface area contributed by atoms with Gasteiger partial charge in [-0.1, -0.05) is 52.3 Å². The van der Waals surface area contributed by atoms with Crippen LogP contribution in [0.15, 0.2) is 35.9 Å². The van der Waals surface area contributed by atoms with Crippen LogP contribution >= 0.6 is 0 Å². The van der Waals surface area contributed by atoms with E-state index in [4.69, 9.17) is 4.74 Å². The molecule has 0 spiro atoms. The molecule has 0 aliphatic heterocycles. The Labute approximate surface area is 271 Å². The number of carbonyl (C=O) groups is 1. The number of benzene rings is 1. The molecule has 1 aromatic carbocycles. The van der Waals surface area contributed by atoms with Crippen molar-refractivity contribution in [2.24, 2.45) is 45.3 Å². The van der Waals surface area contributed by atoms with E-state index in [2.05, 4.69) is 47.6 Å². The van der Waals surface area contributed by atoms with Gasteiger partial charge in [-0.3, -0.25) is 0 Å². The number of ether oxygens (including phenoxy) is 1. The van der Waals surface area contributed by atoms with Crippen molar-refractivity contribution in [2.45, 2.75) is 124 Å². The van der Waals surface area contributed by atoms with E-state index in [1.54, 1.807) is 12.1 Å². The van der Waals surface area contributed by atoms with Crippen LogP contribution in [0.5, 0.6) is 11.5 Å². The highest BCUT2D eigenvalue weighted by Crippen LogP contribution is 2.76. The quantitative estimate of drug-likeness (QED) is 0.101. The zero-order valence-electron chi connectivity index (χ0n) is 28.7. The SMILES string of the molecule is C/C(=C\CC[C@](C)(O)[C@H]1CC[C@]2(C)[C@@H]1CC[C@@H]1[C@@]3(C)CC[C@H](OC(=O)/C=C/c4ccc(O)c(O)c4)C(C)(C)[C@@H]3CC[C@]12C)CO. The standard InChI is InChI=1S/C39H58O6/c1-25(24-40)9-8-19-39(7,44)28-16-21-37(5)27(28)12-14-32-36(4)20-18-33(35(2,3)31(36)17-22-38(32,37)6)45-34(43)15-11-26-10-13-29(41)30(42)23-26/h9-11,13,15,23,27-28,31-33,40-42,44H,8,12,14,16-22,24H2,1-7H3/b15-11+,25-9+/t27-,28+,31+,32-,33+,36+,37-,38-,39+/m1/s1. The third kappa shape index (κ3) is 5.77. The molecule has 4 fully saturated rings. The number of rotatable bonds is 8. The second-order valence-corrected chi connectivity index (χ2v) is 16.8. The minimum absolute atomic E-state index is 0.0793. The molecule has 4 aliphatic rings. The lowest BCUT2D eigenvalue weighted by Crippen LogP contribution is -2.64. The molecule has 0 radical (unpaired) electrons. The summed E-state index contributed by atoms with van der Waals surface area (Å²) < 4.78 is 6.15. The minimum atomic E-state index is -0.708. The lowest BCUT2D eigenvalue weighted by Gasteiger charge is -2.70. The van der Waals surface area contributed by atoms with Crippen LogP contribution in [0.3, 0.4) is 0 Å². The Morgan fingerprint density at radius 1 is 0.956 bits per heavy atom. The van der Waals surface area contributed by atoms with E-state index in [0.29, 0.717) is 29.2 Å². The maximum atomic E-state index is 13.0. The first-order valence-corrected chi connectivity index (χ1v) is 17.4. The number of hydrogen-bond donors (Lipinski definition) is 4. The number of phenols is 2. The summed E-state index contributed by atoms with van der Waals surface area (Å²) in [5.74, 6) is 1.10. The van der Waals surface area contributed by atoms with E-state index in [0.717, 1.165) is 44.1 Å². The molecular weight excluding hydrogens is 564 g/mol. The zero-order chi connectivity index (χ0) is 33.0. The molecule has 0 amide bonds. The van der Waals surface area contributed by atoms with Crippen LogP contribution in [0.4, 0.5) is 0 Å². The number of aliphatic hydroxyl groups is 2. The molecular formula is C39H58O6. The molecule has 6 nitrogen and oxygen atoms in total. The van der Waals surface area contributed by atoms with Crippen molar-refractivity contribution in [3.63, 3.8) is 0 Å². The minimum Gasteiger partial charge on any atom is -0.504 e. The normalized spacial score (nSPS) is 39.0. The van der Waals surface area contributed by atoms with E-state index < -0.39 is 5.60 Å². The summed E-state index contributed by atoms with van der Waals surface area (Å²) in [6, 6.07) is 4.48. The maximum absolute atomic E-state index is 13.0. The smallest absolute Gasteiger partial charge is 0.331 e. The van der Waals surface area contributed by atoms with E-state index in [9.17, 15) is 25.2 Å². The Balaban J connectivity index is 1.30. The molecule has 5 rings (SSSR count). The van der Waals surface area contributed by atoms with Gasteiger partial charge in [-0.25, -0.2) is 4.79 Å². The first kappa shape index (κ1) is 34.0. The van der Waals surface area contributed by atoms with Gasteiger partial charge in [0.15, 0.2) is 11.5 Å². The molecule has 250 valence electrons. The summed E-state index contributed by atoms with van der Waals surface area (Å²) in [5, 5.41) is 40.6. The van der Waals surface area contributed by atoms with Crippen LogP contribution in [0.1, 0.15) is 118 Å². The van der Waals surface area contributed by atoms with Gasteiger partial charge in [-0.2, -0.15) is 0 Å². The fraction of sp³-hybridized carbons (Fsp3) is 0.718. The van der Waals surface area contributed by atoms with E-state index >= 15 is 0 Å². The van der Waals surface area contributed by atoms with Crippen LogP contribution in [-0.2, 0) is 9.53 Å². The van der Waals surface area contributed by atoms with Crippen molar-refractivity contribution in [3.05, 3.63) is 41.5 Å². The summed E-state index contributed by atoms with van der Waals surface area (Å²) >= 11 is 0. The first-order chi connectivity index (χ1) is 21.0. The summed E-state index contributed by atoms with van der Waals surface area (Å²) in [5.41, 5.74) is 1.29. The van der Waals surface area contributed by atoms with Gasteiger partial charge in [-0.15, -0.1) is 0 Å². The van der Waals surface area contributed by atoms with Crippen LogP contribution in [0, 0.1) is 45.3 Å². The van der Waals surface area contributed by atoms with Crippen molar-refractivity contribution in [2.75, 3.05) is 6.61 Å². The Bertz CT molecular complexity index is 1330. The molecule has 0 unspecified atom stereocenters. The van der Waals surface area contributed by atoms with Crippen molar-refractivity contribution in [3.8, 4) is 11.5 Å². The Morgan fingerprint density at radius 3 is 2.36 bits per heavy atom. The second-order valence-electron chi connectivity index (χ2n) is 16.8. The van der Waals surface area contributed by atoms with Gasteiger partial charge in [0.05, 0.1) is 12.2 Å². The molecule has 4 aliphatic carbocycles. The Kier molecular flexibility index (Phi) is 9.11. The predicted molar refractivity (Wildman–Crippen MR) is 178 cm³/mol. The summed E-state index contributed by atoms with van der Waals surface area (Å²) in [6.45, 7) is 16.4. The third-order valence-electron chi connectivity index (χ3n) is 14.2. The molecule has 0 bridgehead atoms. The molecule has 4 saturated carbocycles. The number of carbonyl (C=O) groups excluding carboxylic acids is 1. The van der Waals surface area contributed by atoms with Crippen molar-refractivity contribution in [1.29, 1.82) is 0 Å². The van der Waals surface area contributed by atoms with Gasteiger partial charge in [0.25, 0.3) is 0 Å². The van der Waals surface area contributed by atoms with Gasteiger partial charge in [0.2, 0.25) is 0 Å². The molecule has 9 atom stereocenters. The molecule has 4 N–H and O–H groups in total. The largest absolute Gasteiger partial charge is 0.504 e. The molecule has 1 aromatic rings. The lowest BCUT2D eigenvalue weighted by atomic mass is 9.35. The number of hydrogen-bond acceptors (Lipinski definition) is 6. The molecule has 0 saturated heterocycles. The molecule has 6 heteroatoms. The molecule has 45 heavy (non-hydrogen) atoms. The highest BCUT2D eigenvalue weighted by atomic mass is 16.5. The van der Waals surface area contributed by atoms with Crippen LogP contribution in [-0.4, -0.2) is 44.7 Å². The third-order valence-corrected chi connectivity index (χ3v) is 14.2. The number of aromatic hydroxyl groups is 2. The van der Waals surface area contributed by atoms with Gasteiger partial charge in [0.1, 0.15) is 6.10 Å². The number of allylic oxidation sites excluding steroid dienone is 1. The molecule has 0 aromatic heterocycles. The van der Waals surface area contributed by atoms with Gasteiger partial charge >= 0.3 is 5.97 Å². The van der Waals surface area contributed by atoms with Crippen molar-refractivity contribution < 1.29 is 30.0 Å². The molecule has 0 heterocycles. The number of esters is 1. The number of fused-ring (bicyclic) bond motifs is 5. The van der Waals surface area contributed by atoms with Gasteiger partial charge < -0.3 is 25.2 Å². The number of aliphatic hydroxyl groups excluding tert-OH is 1. The fourth-order valence-electron chi connectivity index (χ4n) is 11.5. The van der Waals surface area contributed by atoms with E-state index in [1.807, 2.05) is 6.92 Å². The summed E-state index contributed by atoms with van der Waals surface area (Å²) in [4.78, 5) is 13.0.